The van der Waals surface area contributed by atoms with Crippen LogP contribution in [0.3, 0.4) is 0 Å². The van der Waals surface area contributed by atoms with Crippen LogP contribution in [0.4, 0.5) is 0 Å². The monoisotopic (exact) mass is 292 g/mol. The molecule has 0 spiro atoms. The molecule has 1 aromatic rings. The first-order valence-corrected chi connectivity index (χ1v) is 7.80. The average Bonchev–Trinajstić information content (AvgIpc) is 2.71. The number of benzene rings is 1. The molecule has 1 saturated heterocycles. The smallest absolute Gasteiger partial charge is 0.239 e. The minimum absolute atomic E-state index is 0.0298. The maximum atomic E-state index is 12.0. The summed E-state index contributed by atoms with van der Waals surface area (Å²) in [6, 6.07) is 8.10. The fraction of sp³-hybridized carbons (Fsp3) is 0.467. The second kappa shape index (κ2) is 6.31. The lowest BCUT2D eigenvalue weighted by Gasteiger charge is -2.25. The minimum Gasteiger partial charge on any atom is -0.352 e. The Morgan fingerprint density at radius 2 is 2.15 bits per heavy atom. The largest absolute Gasteiger partial charge is 0.352 e. The van der Waals surface area contributed by atoms with Crippen LogP contribution in [0.1, 0.15) is 30.3 Å². The third-order valence-electron chi connectivity index (χ3n) is 3.19. The zero-order valence-electron chi connectivity index (χ0n) is 12.1. The van der Waals surface area contributed by atoms with E-state index in [1.807, 2.05) is 45.0 Å². The van der Waals surface area contributed by atoms with E-state index in [4.69, 9.17) is 0 Å². The molecular weight excluding hydrogens is 272 g/mol. The Morgan fingerprint density at radius 1 is 1.45 bits per heavy atom. The van der Waals surface area contributed by atoms with E-state index in [0.29, 0.717) is 5.75 Å². The molecule has 5 heteroatoms. The number of thioether (sulfide) groups is 1. The topological polar surface area (TPSA) is 49.4 Å². The summed E-state index contributed by atoms with van der Waals surface area (Å²) in [6.45, 7) is 5.99. The predicted octanol–water partition coefficient (Wildman–Crippen LogP) is 2.09. The zero-order chi connectivity index (χ0) is 14.7. The molecule has 1 aromatic carbocycles. The first-order chi connectivity index (χ1) is 9.49. The van der Waals surface area contributed by atoms with Crippen molar-refractivity contribution in [1.29, 1.82) is 0 Å². The van der Waals surface area contributed by atoms with E-state index in [0.717, 1.165) is 11.1 Å². The van der Waals surface area contributed by atoms with Crippen molar-refractivity contribution in [2.75, 3.05) is 12.3 Å². The highest BCUT2D eigenvalue weighted by Crippen LogP contribution is 2.39. The third kappa shape index (κ3) is 3.33. The van der Waals surface area contributed by atoms with E-state index in [1.54, 1.807) is 16.7 Å². The molecule has 1 aliphatic heterocycles. The number of aryl methyl sites for hydroxylation is 1. The number of carbonyl (C=O) groups is 2. The summed E-state index contributed by atoms with van der Waals surface area (Å²) in [5.74, 6) is 0.366. The van der Waals surface area contributed by atoms with Crippen LogP contribution < -0.4 is 5.32 Å². The number of nitrogens with zero attached hydrogens (tertiary/aromatic N) is 1. The van der Waals surface area contributed by atoms with Crippen LogP contribution >= 0.6 is 11.8 Å². The van der Waals surface area contributed by atoms with E-state index in [1.165, 1.54) is 0 Å². The predicted molar refractivity (Wildman–Crippen MR) is 81.4 cm³/mol. The second-order valence-electron chi connectivity index (χ2n) is 5.26. The quantitative estimate of drug-likeness (QED) is 0.924. The average molecular weight is 292 g/mol. The minimum atomic E-state index is -0.102. The number of nitrogens with one attached hydrogen (secondary N) is 1. The van der Waals surface area contributed by atoms with Crippen LogP contribution in [-0.4, -0.2) is 35.1 Å². The normalized spacial score (nSPS) is 18.7. The lowest BCUT2D eigenvalue weighted by Crippen LogP contribution is -2.41. The van der Waals surface area contributed by atoms with Gasteiger partial charge in [-0.3, -0.25) is 9.59 Å². The SMILES string of the molecule is Cc1ccccc1[C@H]1SCC(=O)N1CC(=O)NC(C)C. The van der Waals surface area contributed by atoms with Crippen LogP contribution in [0.2, 0.25) is 0 Å². The summed E-state index contributed by atoms with van der Waals surface area (Å²) < 4.78 is 0. The van der Waals surface area contributed by atoms with Crippen LogP contribution in [0.15, 0.2) is 24.3 Å². The van der Waals surface area contributed by atoms with Gasteiger partial charge in [0.05, 0.1) is 5.75 Å². The Kier molecular flexibility index (Phi) is 4.70. The third-order valence-corrected chi connectivity index (χ3v) is 4.42. The van der Waals surface area contributed by atoms with Gasteiger partial charge in [-0.25, -0.2) is 0 Å². The number of carbonyl (C=O) groups excluding carboxylic acids is 2. The number of amides is 2. The Bertz CT molecular complexity index is 516. The molecule has 20 heavy (non-hydrogen) atoms. The van der Waals surface area contributed by atoms with Crippen LogP contribution in [0, 0.1) is 6.92 Å². The summed E-state index contributed by atoms with van der Waals surface area (Å²) in [5, 5.41) is 2.78. The Morgan fingerprint density at radius 3 is 2.80 bits per heavy atom. The molecule has 0 aliphatic carbocycles. The number of hydrogen-bond acceptors (Lipinski definition) is 3. The van der Waals surface area contributed by atoms with Gasteiger partial charge in [0, 0.05) is 6.04 Å². The second-order valence-corrected chi connectivity index (χ2v) is 6.33. The molecule has 1 fully saturated rings. The molecule has 2 amide bonds. The van der Waals surface area contributed by atoms with Crippen LogP contribution in [0.25, 0.3) is 0 Å². The van der Waals surface area contributed by atoms with Crippen molar-refractivity contribution in [3.05, 3.63) is 35.4 Å². The molecule has 1 heterocycles. The van der Waals surface area contributed by atoms with Gasteiger partial charge in [0.25, 0.3) is 0 Å². The van der Waals surface area contributed by atoms with Gasteiger partial charge < -0.3 is 10.2 Å². The maximum Gasteiger partial charge on any atom is 0.239 e. The van der Waals surface area contributed by atoms with Crippen molar-refractivity contribution in [3.63, 3.8) is 0 Å². The zero-order valence-corrected chi connectivity index (χ0v) is 12.9. The summed E-state index contributed by atoms with van der Waals surface area (Å²) in [7, 11) is 0. The first-order valence-electron chi connectivity index (χ1n) is 6.75. The lowest BCUT2D eigenvalue weighted by atomic mass is 10.1. The summed E-state index contributed by atoms with van der Waals surface area (Å²) in [5.41, 5.74) is 2.26. The summed E-state index contributed by atoms with van der Waals surface area (Å²) in [4.78, 5) is 25.6. The van der Waals surface area contributed by atoms with Crippen molar-refractivity contribution in [3.8, 4) is 0 Å². The highest BCUT2D eigenvalue weighted by molar-refractivity contribution is 8.00. The molecule has 0 bridgehead atoms. The van der Waals surface area contributed by atoms with E-state index in [-0.39, 0.29) is 29.8 Å². The van der Waals surface area contributed by atoms with Crippen molar-refractivity contribution in [2.45, 2.75) is 32.2 Å². The fourth-order valence-corrected chi connectivity index (χ4v) is 3.55. The van der Waals surface area contributed by atoms with E-state index < -0.39 is 0 Å². The molecule has 0 aromatic heterocycles. The number of rotatable bonds is 4. The molecule has 0 unspecified atom stereocenters. The molecule has 0 saturated carbocycles. The first kappa shape index (κ1) is 14.9. The van der Waals surface area contributed by atoms with E-state index >= 15 is 0 Å². The van der Waals surface area contributed by atoms with Gasteiger partial charge in [-0.05, 0) is 31.9 Å². The van der Waals surface area contributed by atoms with Gasteiger partial charge in [-0.2, -0.15) is 0 Å². The van der Waals surface area contributed by atoms with Crippen molar-refractivity contribution >= 4 is 23.6 Å². The number of hydrogen-bond donors (Lipinski definition) is 1. The van der Waals surface area contributed by atoms with Gasteiger partial charge in [0.1, 0.15) is 11.9 Å². The lowest BCUT2D eigenvalue weighted by molar-refractivity contribution is -0.134. The highest BCUT2D eigenvalue weighted by atomic mass is 32.2. The Labute approximate surface area is 123 Å². The van der Waals surface area contributed by atoms with Crippen molar-refractivity contribution < 1.29 is 9.59 Å². The van der Waals surface area contributed by atoms with Gasteiger partial charge in [-0.15, -0.1) is 11.8 Å². The molecule has 1 aliphatic rings. The van der Waals surface area contributed by atoms with E-state index in [2.05, 4.69) is 5.32 Å². The Hall–Kier alpha value is -1.49. The van der Waals surface area contributed by atoms with Gasteiger partial charge >= 0.3 is 0 Å². The fourth-order valence-electron chi connectivity index (χ4n) is 2.27. The van der Waals surface area contributed by atoms with Gasteiger partial charge in [0.15, 0.2) is 0 Å². The molecule has 108 valence electrons. The van der Waals surface area contributed by atoms with Crippen molar-refractivity contribution in [2.24, 2.45) is 0 Å². The maximum absolute atomic E-state index is 12.0. The summed E-state index contributed by atoms with van der Waals surface area (Å²) in [6.07, 6.45) is 0. The molecular formula is C15H20N2O2S. The van der Waals surface area contributed by atoms with E-state index in [9.17, 15) is 9.59 Å². The summed E-state index contributed by atoms with van der Waals surface area (Å²) >= 11 is 1.58. The Balaban J connectivity index is 2.15. The molecule has 4 nitrogen and oxygen atoms in total. The molecule has 0 radical (unpaired) electrons. The highest BCUT2D eigenvalue weighted by Gasteiger charge is 2.34. The standard InChI is InChI=1S/C15H20N2O2S/c1-10(2)16-13(18)8-17-14(19)9-20-15(17)12-7-5-4-6-11(12)3/h4-7,10,15H,8-9H2,1-3H3,(H,16,18)/t15-/m1/s1. The van der Waals surface area contributed by atoms with Crippen molar-refractivity contribution in [1.82, 2.24) is 10.2 Å². The molecule has 1 atom stereocenters. The molecule has 1 N–H and O–H groups in total. The molecule has 2 rings (SSSR count). The van der Waals surface area contributed by atoms with Crippen LogP contribution in [-0.2, 0) is 9.59 Å². The van der Waals surface area contributed by atoms with Gasteiger partial charge in [-0.1, -0.05) is 24.3 Å². The van der Waals surface area contributed by atoms with Crippen LogP contribution in [0.5, 0.6) is 0 Å². The van der Waals surface area contributed by atoms with Gasteiger partial charge in [0.2, 0.25) is 11.8 Å².